The van der Waals surface area contributed by atoms with Crippen LogP contribution in [0.3, 0.4) is 0 Å². The molecule has 3 aromatic heterocycles. The molecule has 0 bridgehead atoms. The van der Waals surface area contributed by atoms with Crippen molar-refractivity contribution in [2.45, 2.75) is 26.0 Å². The van der Waals surface area contributed by atoms with E-state index in [0.717, 1.165) is 28.3 Å². The minimum absolute atomic E-state index is 0.0578. The first-order chi connectivity index (χ1) is 12.1. The number of rotatable bonds is 2. The molecule has 4 heterocycles. The lowest BCUT2D eigenvalue weighted by Crippen LogP contribution is -2.16. The van der Waals surface area contributed by atoms with E-state index in [4.69, 9.17) is 4.52 Å². The molecule has 0 fully saturated rings. The highest BCUT2D eigenvalue weighted by Gasteiger charge is 2.33. The van der Waals surface area contributed by atoms with Gasteiger partial charge in [-0.1, -0.05) is 11.2 Å². The van der Waals surface area contributed by atoms with Crippen molar-refractivity contribution in [3.05, 3.63) is 52.7 Å². The van der Waals surface area contributed by atoms with Crippen molar-refractivity contribution in [3.8, 4) is 5.82 Å². The second-order valence-electron chi connectivity index (χ2n) is 5.92. The van der Waals surface area contributed by atoms with E-state index in [1.807, 2.05) is 39.0 Å². The van der Waals surface area contributed by atoms with E-state index in [2.05, 4.69) is 20.6 Å². The number of amides is 1. The molecule has 0 aromatic carbocycles. The SMILES string of the molecule is Cc1noc(C)c1[C@@H]1SCC(=O)Nc2c1c(C)nn2-c1ccccn1. The third-order valence-corrected chi connectivity index (χ3v) is 5.46. The lowest BCUT2D eigenvalue weighted by atomic mass is 10.0. The molecule has 1 N–H and O–H groups in total. The number of nitrogens with zero attached hydrogens (tertiary/aromatic N) is 4. The molecule has 1 aliphatic rings. The number of fused-ring (bicyclic) bond motifs is 1. The molecule has 25 heavy (non-hydrogen) atoms. The van der Waals surface area contributed by atoms with Crippen LogP contribution in [0.5, 0.6) is 0 Å². The van der Waals surface area contributed by atoms with Gasteiger partial charge in [0.05, 0.1) is 22.4 Å². The van der Waals surface area contributed by atoms with E-state index in [1.54, 1.807) is 22.6 Å². The van der Waals surface area contributed by atoms with E-state index in [0.29, 0.717) is 17.4 Å². The molecular weight excluding hydrogens is 338 g/mol. The second-order valence-corrected chi connectivity index (χ2v) is 7.02. The van der Waals surface area contributed by atoms with Gasteiger partial charge in [0, 0.05) is 17.3 Å². The Morgan fingerprint density at radius 3 is 2.76 bits per heavy atom. The maximum atomic E-state index is 12.3. The van der Waals surface area contributed by atoms with Gasteiger partial charge in [-0.15, -0.1) is 11.8 Å². The average Bonchev–Trinajstić information content (AvgIpc) is 3.04. The first kappa shape index (κ1) is 15.9. The Labute approximate surface area is 148 Å². The number of thioether (sulfide) groups is 1. The van der Waals surface area contributed by atoms with Crippen LogP contribution < -0.4 is 5.32 Å². The number of carbonyl (C=O) groups is 1. The Balaban J connectivity index is 1.94. The third kappa shape index (κ3) is 2.62. The van der Waals surface area contributed by atoms with Gasteiger partial charge in [0.1, 0.15) is 11.6 Å². The molecule has 3 aromatic rings. The van der Waals surface area contributed by atoms with Crippen LogP contribution in [0.2, 0.25) is 0 Å². The molecule has 128 valence electrons. The predicted octanol–water partition coefficient (Wildman–Crippen LogP) is 2.96. The lowest BCUT2D eigenvalue weighted by molar-refractivity contribution is -0.113. The second kappa shape index (κ2) is 6.03. The number of anilines is 1. The summed E-state index contributed by atoms with van der Waals surface area (Å²) < 4.78 is 7.05. The topological polar surface area (TPSA) is 85.8 Å². The zero-order valence-corrected chi connectivity index (χ0v) is 14.9. The molecule has 0 radical (unpaired) electrons. The summed E-state index contributed by atoms with van der Waals surface area (Å²) >= 11 is 1.56. The third-order valence-electron chi connectivity index (χ3n) is 4.22. The number of hydrogen-bond acceptors (Lipinski definition) is 6. The van der Waals surface area contributed by atoms with Crippen molar-refractivity contribution in [1.82, 2.24) is 19.9 Å². The molecule has 0 spiro atoms. The van der Waals surface area contributed by atoms with E-state index in [9.17, 15) is 4.79 Å². The van der Waals surface area contributed by atoms with Crippen molar-refractivity contribution in [3.63, 3.8) is 0 Å². The summed E-state index contributed by atoms with van der Waals surface area (Å²) in [7, 11) is 0. The standard InChI is InChI=1S/C17H17N5O2S/c1-9-15-16(14-10(2)21-24-11(14)3)25-8-13(23)19-17(15)22(20-9)12-6-4-5-7-18-12/h4-7,16H,8H2,1-3H3,(H,19,23)/t16-/m0/s1. The quantitative estimate of drug-likeness (QED) is 0.761. The molecule has 7 nitrogen and oxygen atoms in total. The first-order valence-electron chi connectivity index (χ1n) is 7.91. The highest BCUT2D eigenvalue weighted by Crippen LogP contribution is 2.45. The summed E-state index contributed by atoms with van der Waals surface area (Å²) in [6.45, 7) is 5.76. The van der Waals surface area contributed by atoms with Crippen molar-refractivity contribution in [2.75, 3.05) is 11.1 Å². The highest BCUT2D eigenvalue weighted by molar-refractivity contribution is 8.00. The van der Waals surface area contributed by atoms with Gasteiger partial charge in [-0.2, -0.15) is 9.78 Å². The van der Waals surface area contributed by atoms with Crippen LogP contribution in [0.25, 0.3) is 5.82 Å². The smallest absolute Gasteiger partial charge is 0.235 e. The Morgan fingerprint density at radius 2 is 2.08 bits per heavy atom. The average molecular weight is 355 g/mol. The van der Waals surface area contributed by atoms with Crippen LogP contribution in [-0.4, -0.2) is 31.6 Å². The predicted molar refractivity (Wildman–Crippen MR) is 95.0 cm³/mol. The van der Waals surface area contributed by atoms with Gasteiger partial charge in [-0.25, -0.2) is 4.98 Å². The van der Waals surface area contributed by atoms with Gasteiger partial charge in [0.15, 0.2) is 5.82 Å². The van der Waals surface area contributed by atoms with Crippen LogP contribution in [0.1, 0.15) is 33.5 Å². The molecule has 0 saturated heterocycles. The van der Waals surface area contributed by atoms with Gasteiger partial charge in [0.25, 0.3) is 0 Å². The van der Waals surface area contributed by atoms with Crippen molar-refractivity contribution in [1.29, 1.82) is 0 Å². The van der Waals surface area contributed by atoms with Crippen molar-refractivity contribution >= 4 is 23.5 Å². The maximum absolute atomic E-state index is 12.3. The van der Waals surface area contributed by atoms with E-state index in [-0.39, 0.29) is 11.2 Å². The summed E-state index contributed by atoms with van der Waals surface area (Å²) in [4.78, 5) is 16.7. The molecule has 0 saturated carbocycles. The van der Waals surface area contributed by atoms with Crippen LogP contribution in [0, 0.1) is 20.8 Å². The number of aryl methyl sites for hydroxylation is 3. The maximum Gasteiger partial charge on any atom is 0.235 e. The lowest BCUT2D eigenvalue weighted by Gasteiger charge is -2.14. The number of pyridine rings is 1. The minimum Gasteiger partial charge on any atom is -0.361 e. The molecule has 8 heteroatoms. The fourth-order valence-electron chi connectivity index (χ4n) is 3.12. The van der Waals surface area contributed by atoms with Crippen molar-refractivity contribution in [2.24, 2.45) is 0 Å². The van der Waals surface area contributed by atoms with E-state index in [1.165, 1.54) is 0 Å². The first-order valence-corrected chi connectivity index (χ1v) is 8.96. The van der Waals surface area contributed by atoms with Crippen LogP contribution in [0.4, 0.5) is 5.82 Å². The summed E-state index contributed by atoms with van der Waals surface area (Å²) in [5.74, 6) is 2.39. The molecule has 1 aliphatic heterocycles. The van der Waals surface area contributed by atoms with Crippen LogP contribution in [0.15, 0.2) is 28.9 Å². The fraction of sp³-hybridized carbons (Fsp3) is 0.294. The number of hydrogen-bond donors (Lipinski definition) is 1. The minimum atomic E-state index is -0.0716. The van der Waals surface area contributed by atoms with Crippen LogP contribution in [-0.2, 0) is 4.79 Å². The summed E-state index contributed by atoms with van der Waals surface area (Å²) in [6, 6.07) is 5.60. The van der Waals surface area contributed by atoms with Gasteiger partial charge >= 0.3 is 0 Å². The zero-order chi connectivity index (χ0) is 17.6. The molecular formula is C17H17N5O2S. The Hall–Kier alpha value is -2.61. The monoisotopic (exact) mass is 355 g/mol. The molecule has 1 amide bonds. The molecule has 1 atom stereocenters. The summed E-state index contributed by atoms with van der Waals surface area (Å²) in [5.41, 5.74) is 3.66. The molecule has 0 aliphatic carbocycles. The summed E-state index contributed by atoms with van der Waals surface area (Å²) in [6.07, 6.45) is 1.71. The largest absolute Gasteiger partial charge is 0.361 e. The van der Waals surface area contributed by atoms with Gasteiger partial charge in [-0.3, -0.25) is 4.79 Å². The van der Waals surface area contributed by atoms with Crippen LogP contribution >= 0.6 is 11.8 Å². The number of nitrogens with one attached hydrogen (secondary N) is 1. The van der Waals surface area contributed by atoms with Crippen molar-refractivity contribution < 1.29 is 9.32 Å². The van der Waals surface area contributed by atoms with E-state index < -0.39 is 0 Å². The van der Waals surface area contributed by atoms with E-state index >= 15 is 0 Å². The number of carbonyl (C=O) groups excluding carboxylic acids is 1. The number of aromatic nitrogens is 4. The Morgan fingerprint density at radius 1 is 1.24 bits per heavy atom. The van der Waals surface area contributed by atoms with Gasteiger partial charge in [-0.05, 0) is 32.9 Å². The Bertz CT molecular complexity index is 928. The molecule has 4 rings (SSSR count). The zero-order valence-electron chi connectivity index (χ0n) is 14.1. The fourth-order valence-corrected chi connectivity index (χ4v) is 4.46. The normalized spacial score (nSPS) is 17.1. The summed E-state index contributed by atoms with van der Waals surface area (Å²) in [5, 5.41) is 11.6. The van der Waals surface area contributed by atoms with Gasteiger partial charge < -0.3 is 9.84 Å². The highest BCUT2D eigenvalue weighted by atomic mass is 32.2. The molecule has 0 unspecified atom stereocenters. The van der Waals surface area contributed by atoms with Gasteiger partial charge in [0.2, 0.25) is 5.91 Å². The Kier molecular flexibility index (Phi) is 3.84.